The number of fused-ring (bicyclic) bond motifs is 1. The Morgan fingerprint density at radius 1 is 0.969 bits per heavy atom. The van der Waals surface area contributed by atoms with Gasteiger partial charge >= 0.3 is 12.4 Å². The third-order valence-electron chi connectivity index (χ3n) is 5.14. The zero-order valence-electron chi connectivity index (χ0n) is 16.5. The summed E-state index contributed by atoms with van der Waals surface area (Å²) in [5.74, 6) is -2.28. The molecule has 0 aromatic heterocycles. The van der Waals surface area contributed by atoms with Crippen molar-refractivity contribution in [2.45, 2.75) is 43.7 Å². The van der Waals surface area contributed by atoms with Crippen molar-refractivity contribution in [3.63, 3.8) is 0 Å². The first kappa shape index (κ1) is 23.6. The van der Waals surface area contributed by atoms with Crippen molar-refractivity contribution in [2.24, 2.45) is 5.73 Å². The van der Waals surface area contributed by atoms with E-state index in [2.05, 4.69) is 5.32 Å². The standard InChI is InChI=1S/C21H19F6N3O2/c22-20(23,24)12-8-13(21(25,26)27)10-14(9-12)29-19(32)17(18(28)31)30-16-7-3-5-11-4-1-2-6-15(11)16/h1-2,4,6,8-10,16-17,30H,3,5,7H2,(H2,28,31)(H,29,32). The van der Waals surface area contributed by atoms with E-state index in [1.54, 1.807) is 6.07 Å². The molecule has 1 aliphatic rings. The lowest BCUT2D eigenvalue weighted by Crippen LogP contribution is -2.51. The first-order chi connectivity index (χ1) is 14.9. The lowest BCUT2D eigenvalue weighted by molar-refractivity contribution is -0.143. The summed E-state index contributed by atoms with van der Waals surface area (Å²) >= 11 is 0. The van der Waals surface area contributed by atoms with E-state index in [0.29, 0.717) is 18.6 Å². The highest BCUT2D eigenvalue weighted by molar-refractivity contribution is 6.09. The molecule has 0 bridgehead atoms. The number of aryl methyl sites for hydroxylation is 1. The van der Waals surface area contributed by atoms with E-state index in [0.717, 1.165) is 24.0 Å². The van der Waals surface area contributed by atoms with Gasteiger partial charge in [-0.1, -0.05) is 24.3 Å². The predicted octanol–water partition coefficient (Wildman–Crippen LogP) is 4.18. The maximum atomic E-state index is 13.0. The van der Waals surface area contributed by atoms with E-state index in [1.807, 2.05) is 23.5 Å². The number of alkyl halides is 6. The summed E-state index contributed by atoms with van der Waals surface area (Å²) in [6.45, 7) is 0. The summed E-state index contributed by atoms with van der Waals surface area (Å²) in [5.41, 5.74) is 3.22. The van der Waals surface area contributed by atoms with Gasteiger partial charge in [0.1, 0.15) is 0 Å². The van der Waals surface area contributed by atoms with Gasteiger partial charge in [-0.3, -0.25) is 14.9 Å². The predicted molar refractivity (Wildman–Crippen MR) is 103 cm³/mol. The Hall–Kier alpha value is -3.08. The summed E-state index contributed by atoms with van der Waals surface area (Å²) in [5, 5.41) is 4.75. The van der Waals surface area contributed by atoms with Crippen molar-refractivity contribution in [2.75, 3.05) is 5.32 Å². The van der Waals surface area contributed by atoms with Crippen molar-refractivity contribution in [3.05, 3.63) is 64.7 Å². The molecule has 2 aromatic rings. The van der Waals surface area contributed by atoms with Crippen LogP contribution < -0.4 is 16.4 Å². The molecule has 11 heteroatoms. The minimum absolute atomic E-state index is 0.0571. The van der Waals surface area contributed by atoms with Crippen molar-refractivity contribution < 1.29 is 35.9 Å². The second-order valence-corrected chi connectivity index (χ2v) is 7.43. The Morgan fingerprint density at radius 3 is 2.12 bits per heavy atom. The van der Waals surface area contributed by atoms with E-state index >= 15 is 0 Å². The summed E-state index contributed by atoms with van der Waals surface area (Å²) in [7, 11) is 0. The van der Waals surface area contributed by atoms with E-state index in [9.17, 15) is 35.9 Å². The van der Waals surface area contributed by atoms with Crippen LogP contribution in [0.15, 0.2) is 42.5 Å². The molecule has 4 N–H and O–H groups in total. The molecular weight excluding hydrogens is 440 g/mol. The number of hydrogen-bond acceptors (Lipinski definition) is 3. The van der Waals surface area contributed by atoms with Gasteiger partial charge in [0.2, 0.25) is 5.91 Å². The minimum Gasteiger partial charge on any atom is -0.368 e. The fourth-order valence-electron chi connectivity index (χ4n) is 3.66. The van der Waals surface area contributed by atoms with Crippen LogP contribution in [-0.4, -0.2) is 17.9 Å². The van der Waals surface area contributed by atoms with Crippen LogP contribution in [0.3, 0.4) is 0 Å². The summed E-state index contributed by atoms with van der Waals surface area (Å²) < 4.78 is 78.3. The second-order valence-electron chi connectivity index (χ2n) is 7.43. The minimum atomic E-state index is -5.08. The topological polar surface area (TPSA) is 84.2 Å². The van der Waals surface area contributed by atoms with Gasteiger partial charge in [0.15, 0.2) is 6.04 Å². The van der Waals surface area contributed by atoms with E-state index in [1.165, 1.54) is 0 Å². The quantitative estimate of drug-likeness (QED) is 0.463. The zero-order valence-corrected chi connectivity index (χ0v) is 16.5. The number of halogens is 6. The summed E-state index contributed by atoms with van der Waals surface area (Å²) in [6.07, 6.45) is -8.03. The molecule has 0 heterocycles. The van der Waals surface area contributed by atoms with E-state index in [4.69, 9.17) is 5.73 Å². The Bertz CT molecular complexity index is 987. The Kier molecular flexibility index (Phi) is 6.49. The van der Waals surface area contributed by atoms with Crippen molar-refractivity contribution in [1.29, 1.82) is 0 Å². The Morgan fingerprint density at radius 2 is 1.56 bits per heavy atom. The number of amides is 2. The number of rotatable bonds is 5. The van der Waals surface area contributed by atoms with Crippen molar-refractivity contribution >= 4 is 17.5 Å². The average Bonchev–Trinajstić information content (AvgIpc) is 2.70. The molecule has 0 saturated heterocycles. The Labute approximate surface area is 179 Å². The molecule has 0 radical (unpaired) electrons. The number of primary amides is 1. The molecular formula is C21H19F6N3O2. The molecule has 32 heavy (non-hydrogen) atoms. The van der Waals surface area contributed by atoms with Crippen LogP contribution >= 0.6 is 0 Å². The normalized spacial score (nSPS) is 17.4. The number of carbonyl (C=O) groups is 2. The molecule has 2 amide bonds. The lowest BCUT2D eigenvalue weighted by Gasteiger charge is -2.29. The third-order valence-corrected chi connectivity index (χ3v) is 5.14. The van der Waals surface area contributed by atoms with Gasteiger partial charge in [0.05, 0.1) is 11.1 Å². The smallest absolute Gasteiger partial charge is 0.368 e. The summed E-state index contributed by atoms with van der Waals surface area (Å²) in [4.78, 5) is 24.5. The maximum absolute atomic E-state index is 13.0. The first-order valence-electron chi connectivity index (χ1n) is 9.60. The fourth-order valence-corrected chi connectivity index (χ4v) is 3.66. The van der Waals surface area contributed by atoms with Crippen LogP contribution in [0.5, 0.6) is 0 Å². The van der Waals surface area contributed by atoms with Gasteiger partial charge in [-0.15, -0.1) is 0 Å². The van der Waals surface area contributed by atoms with Gasteiger partial charge in [-0.05, 0) is 48.6 Å². The van der Waals surface area contributed by atoms with Gasteiger partial charge in [-0.2, -0.15) is 26.3 Å². The van der Waals surface area contributed by atoms with Crippen LogP contribution in [0, 0.1) is 0 Å². The molecule has 2 unspecified atom stereocenters. The highest BCUT2D eigenvalue weighted by Gasteiger charge is 2.37. The zero-order chi connectivity index (χ0) is 23.7. The highest BCUT2D eigenvalue weighted by atomic mass is 19.4. The number of carbonyl (C=O) groups excluding carboxylic acids is 2. The molecule has 1 aliphatic carbocycles. The fraction of sp³-hybridized carbons (Fsp3) is 0.333. The molecule has 0 aliphatic heterocycles. The molecule has 5 nitrogen and oxygen atoms in total. The largest absolute Gasteiger partial charge is 0.416 e. The Balaban J connectivity index is 1.87. The van der Waals surface area contributed by atoms with Gasteiger partial charge in [-0.25, -0.2) is 0 Å². The molecule has 0 spiro atoms. The molecule has 2 atom stereocenters. The van der Waals surface area contributed by atoms with Crippen LogP contribution in [0.2, 0.25) is 0 Å². The van der Waals surface area contributed by atoms with Crippen LogP contribution in [0.1, 0.15) is 41.1 Å². The van der Waals surface area contributed by atoms with E-state index in [-0.39, 0.29) is 6.07 Å². The van der Waals surface area contributed by atoms with Gasteiger partial charge in [0, 0.05) is 11.7 Å². The van der Waals surface area contributed by atoms with Crippen molar-refractivity contribution in [3.8, 4) is 0 Å². The second kappa shape index (κ2) is 8.81. The molecule has 172 valence electrons. The number of nitrogens with one attached hydrogen (secondary N) is 2. The molecule has 3 rings (SSSR count). The molecule has 0 fully saturated rings. The molecule has 0 saturated carbocycles. The first-order valence-corrected chi connectivity index (χ1v) is 9.60. The number of nitrogens with two attached hydrogens (primary N) is 1. The monoisotopic (exact) mass is 459 g/mol. The summed E-state index contributed by atoms with van der Waals surface area (Å²) in [6, 6.07) is 5.88. The number of anilines is 1. The average molecular weight is 459 g/mol. The third kappa shape index (κ3) is 5.39. The van der Waals surface area contributed by atoms with Gasteiger partial charge in [0.25, 0.3) is 5.91 Å². The SMILES string of the molecule is NC(=O)C(NC1CCCc2ccccc21)C(=O)Nc1cc(C(F)(F)F)cc(C(F)(F)F)c1. The molecule has 2 aromatic carbocycles. The van der Waals surface area contributed by atoms with Crippen LogP contribution in [0.4, 0.5) is 32.0 Å². The highest BCUT2D eigenvalue weighted by Crippen LogP contribution is 2.37. The van der Waals surface area contributed by atoms with Crippen molar-refractivity contribution in [1.82, 2.24) is 5.32 Å². The van der Waals surface area contributed by atoms with Crippen LogP contribution in [-0.2, 0) is 28.4 Å². The lowest BCUT2D eigenvalue weighted by atomic mass is 9.87. The number of benzene rings is 2. The van der Waals surface area contributed by atoms with Crippen LogP contribution in [0.25, 0.3) is 0 Å². The van der Waals surface area contributed by atoms with Gasteiger partial charge < -0.3 is 11.1 Å². The van der Waals surface area contributed by atoms with E-state index < -0.39 is 53.1 Å². The maximum Gasteiger partial charge on any atom is 0.416 e. The number of hydrogen-bond donors (Lipinski definition) is 3.